The number of carbonyl (C=O) groups is 2. The van der Waals surface area contributed by atoms with Gasteiger partial charge in [-0.25, -0.2) is 0 Å². The Bertz CT molecular complexity index is 1030. The summed E-state index contributed by atoms with van der Waals surface area (Å²) in [6.45, 7) is 4.91. The Hall–Kier alpha value is -1.66. The molecule has 0 aromatic heterocycles. The lowest BCUT2D eigenvalue weighted by Gasteiger charge is -2.22. The standard InChI is InChI=1S/C60H115NO5/c1-3-5-7-9-11-13-14-34-38-42-46-50-54-60(65)66-55-51-47-43-39-35-32-30-28-26-24-22-20-18-16-15-17-19-21-23-25-27-29-31-33-37-41-45-49-53-59(64)61-57(56-62)58(63)52-48-44-40-36-12-10-8-6-4-2/h11,13,15-16,57-58,62-63H,3-10,12,14,17-56H2,1-2H3,(H,61,64)/b13-11-,16-15-. The highest BCUT2D eigenvalue weighted by Crippen LogP contribution is 2.17. The van der Waals surface area contributed by atoms with Gasteiger partial charge >= 0.3 is 5.97 Å². The zero-order chi connectivity index (χ0) is 47.9. The van der Waals surface area contributed by atoms with Crippen molar-refractivity contribution in [1.29, 1.82) is 0 Å². The van der Waals surface area contributed by atoms with E-state index in [1.807, 2.05) is 0 Å². The van der Waals surface area contributed by atoms with Gasteiger partial charge in [0.1, 0.15) is 0 Å². The maximum Gasteiger partial charge on any atom is 0.305 e. The summed E-state index contributed by atoms with van der Waals surface area (Å²) in [6, 6.07) is -0.539. The molecule has 390 valence electrons. The predicted octanol–water partition coefficient (Wildman–Crippen LogP) is 18.2. The predicted molar refractivity (Wildman–Crippen MR) is 287 cm³/mol. The fourth-order valence-corrected chi connectivity index (χ4v) is 9.16. The van der Waals surface area contributed by atoms with Crippen LogP contribution in [0.5, 0.6) is 0 Å². The van der Waals surface area contributed by atoms with Crippen molar-refractivity contribution in [3.05, 3.63) is 24.3 Å². The molecule has 0 fully saturated rings. The number of carbonyl (C=O) groups excluding carboxylic acids is 2. The Morgan fingerprint density at radius 1 is 0.409 bits per heavy atom. The zero-order valence-corrected chi connectivity index (χ0v) is 44.4. The third-order valence-corrected chi connectivity index (χ3v) is 13.7. The summed E-state index contributed by atoms with van der Waals surface area (Å²) in [6.07, 6.45) is 67.7. The van der Waals surface area contributed by atoms with Gasteiger partial charge in [0, 0.05) is 12.8 Å². The van der Waals surface area contributed by atoms with Gasteiger partial charge in [-0.2, -0.15) is 0 Å². The van der Waals surface area contributed by atoms with Crippen molar-refractivity contribution >= 4 is 11.9 Å². The number of nitrogens with one attached hydrogen (secondary N) is 1. The van der Waals surface area contributed by atoms with Crippen molar-refractivity contribution in [2.75, 3.05) is 13.2 Å². The molecule has 0 bridgehead atoms. The molecule has 0 radical (unpaired) electrons. The lowest BCUT2D eigenvalue weighted by Crippen LogP contribution is -2.45. The SMILES string of the molecule is CCCCC/C=C\CCCCCCCC(=O)OCCCCCCCCCCCCCC/C=C\CCCCCCCCCCCCCCC(=O)NC(CO)C(O)CCCCCCCCCCC. The topological polar surface area (TPSA) is 95.9 Å². The van der Waals surface area contributed by atoms with E-state index in [1.54, 1.807) is 0 Å². The highest BCUT2D eigenvalue weighted by molar-refractivity contribution is 5.76. The highest BCUT2D eigenvalue weighted by atomic mass is 16.5. The number of amides is 1. The second-order valence-corrected chi connectivity index (χ2v) is 20.3. The summed E-state index contributed by atoms with van der Waals surface area (Å²) in [5, 5.41) is 23.1. The summed E-state index contributed by atoms with van der Waals surface area (Å²) in [5.74, 6) is -0.0311. The van der Waals surface area contributed by atoms with Crippen LogP contribution in [-0.4, -0.2) is 47.4 Å². The molecule has 0 heterocycles. The van der Waals surface area contributed by atoms with Gasteiger partial charge < -0.3 is 20.3 Å². The number of unbranched alkanes of at least 4 members (excludes halogenated alkanes) is 40. The highest BCUT2D eigenvalue weighted by Gasteiger charge is 2.20. The summed E-state index contributed by atoms with van der Waals surface area (Å²) in [4.78, 5) is 24.4. The number of esters is 1. The number of rotatable bonds is 55. The number of hydrogen-bond donors (Lipinski definition) is 3. The third kappa shape index (κ3) is 51.7. The minimum absolute atomic E-state index is 0.00559. The second-order valence-electron chi connectivity index (χ2n) is 20.3. The normalized spacial score (nSPS) is 12.7. The van der Waals surface area contributed by atoms with Crippen LogP contribution >= 0.6 is 0 Å². The van der Waals surface area contributed by atoms with Gasteiger partial charge in [0.25, 0.3) is 0 Å². The minimum Gasteiger partial charge on any atom is -0.466 e. The Balaban J connectivity index is 3.35. The van der Waals surface area contributed by atoms with Crippen molar-refractivity contribution in [3.63, 3.8) is 0 Å². The lowest BCUT2D eigenvalue weighted by atomic mass is 10.0. The van der Waals surface area contributed by atoms with E-state index in [0.29, 0.717) is 25.9 Å². The summed E-state index contributed by atoms with van der Waals surface area (Å²) >= 11 is 0. The average molecular weight is 931 g/mol. The molecule has 2 unspecified atom stereocenters. The van der Waals surface area contributed by atoms with Crippen molar-refractivity contribution in [1.82, 2.24) is 5.32 Å². The first kappa shape index (κ1) is 64.3. The molecular formula is C60H115NO5. The third-order valence-electron chi connectivity index (χ3n) is 13.7. The van der Waals surface area contributed by atoms with Gasteiger partial charge in [-0.3, -0.25) is 9.59 Å². The van der Waals surface area contributed by atoms with Gasteiger partial charge in [-0.15, -0.1) is 0 Å². The van der Waals surface area contributed by atoms with E-state index in [0.717, 1.165) is 44.9 Å². The summed E-state index contributed by atoms with van der Waals surface area (Å²) in [7, 11) is 0. The Morgan fingerprint density at radius 3 is 1.11 bits per heavy atom. The number of hydrogen-bond acceptors (Lipinski definition) is 5. The fourth-order valence-electron chi connectivity index (χ4n) is 9.16. The number of ether oxygens (including phenoxy) is 1. The summed E-state index contributed by atoms with van der Waals surface area (Å²) < 4.78 is 5.46. The largest absolute Gasteiger partial charge is 0.466 e. The van der Waals surface area contributed by atoms with E-state index in [4.69, 9.17) is 4.74 Å². The molecule has 3 N–H and O–H groups in total. The van der Waals surface area contributed by atoms with E-state index in [1.165, 1.54) is 244 Å². The van der Waals surface area contributed by atoms with Crippen molar-refractivity contribution in [2.45, 2.75) is 334 Å². The Kier molecular flexibility index (Phi) is 54.5. The molecule has 0 spiro atoms. The van der Waals surface area contributed by atoms with Gasteiger partial charge in [0.15, 0.2) is 0 Å². The second kappa shape index (κ2) is 55.9. The van der Waals surface area contributed by atoms with E-state index in [2.05, 4.69) is 43.5 Å². The molecule has 0 aliphatic heterocycles. The van der Waals surface area contributed by atoms with Crippen LogP contribution < -0.4 is 5.32 Å². The van der Waals surface area contributed by atoms with E-state index < -0.39 is 12.1 Å². The first-order valence-electron chi connectivity index (χ1n) is 29.6. The van der Waals surface area contributed by atoms with E-state index >= 15 is 0 Å². The van der Waals surface area contributed by atoms with Crippen LogP contribution in [0.3, 0.4) is 0 Å². The average Bonchev–Trinajstić information content (AvgIpc) is 3.32. The lowest BCUT2D eigenvalue weighted by molar-refractivity contribution is -0.143. The van der Waals surface area contributed by atoms with Crippen molar-refractivity contribution in [2.24, 2.45) is 0 Å². The van der Waals surface area contributed by atoms with E-state index in [-0.39, 0.29) is 18.5 Å². The summed E-state index contributed by atoms with van der Waals surface area (Å²) in [5.41, 5.74) is 0. The number of aliphatic hydroxyl groups excluding tert-OH is 2. The smallest absolute Gasteiger partial charge is 0.305 e. The van der Waals surface area contributed by atoms with Crippen LogP contribution in [0.4, 0.5) is 0 Å². The zero-order valence-electron chi connectivity index (χ0n) is 44.4. The molecule has 0 saturated carbocycles. The molecule has 0 aliphatic carbocycles. The van der Waals surface area contributed by atoms with Gasteiger partial charge in [-0.1, -0.05) is 256 Å². The Morgan fingerprint density at radius 2 is 0.712 bits per heavy atom. The molecular weight excluding hydrogens is 815 g/mol. The van der Waals surface area contributed by atoms with Crippen LogP contribution in [0, 0.1) is 0 Å². The molecule has 2 atom stereocenters. The van der Waals surface area contributed by atoms with Gasteiger partial charge in [-0.05, 0) is 77.0 Å². The molecule has 1 amide bonds. The molecule has 0 saturated heterocycles. The van der Waals surface area contributed by atoms with Crippen molar-refractivity contribution < 1.29 is 24.5 Å². The number of aliphatic hydroxyl groups is 2. The van der Waals surface area contributed by atoms with E-state index in [9.17, 15) is 19.8 Å². The first-order chi connectivity index (χ1) is 32.5. The van der Waals surface area contributed by atoms with Gasteiger partial charge in [0.05, 0.1) is 25.4 Å². The molecule has 0 aromatic carbocycles. The van der Waals surface area contributed by atoms with Crippen LogP contribution in [0.15, 0.2) is 24.3 Å². The van der Waals surface area contributed by atoms with Crippen LogP contribution in [0.2, 0.25) is 0 Å². The molecule has 0 rings (SSSR count). The van der Waals surface area contributed by atoms with Crippen LogP contribution in [0.1, 0.15) is 322 Å². The fraction of sp³-hybridized carbons (Fsp3) is 0.900. The molecule has 6 nitrogen and oxygen atoms in total. The number of allylic oxidation sites excluding steroid dienone is 4. The monoisotopic (exact) mass is 930 g/mol. The maximum absolute atomic E-state index is 12.4. The van der Waals surface area contributed by atoms with Gasteiger partial charge in [0.2, 0.25) is 5.91 Å². The van der Waals surface area contributed by atoms with Crippen LogP contribution in [0.25, 0.3) is 0 Å². The maximum atomic E-state index is 12.4. The quantitative estimate of drug-likeness (QED) is 0.0321. The van der Waals surface area contributed by atoms with Crippen molar-refractivity contribution in [3.8, 4) is 0 Å². The first-order valence-corrected chi connectivity index (χ1v) is 29.6. The Labute approximate surface area is 411 Å². The molecule has 66 heavy (non-hydrogen) atoms. The minimum atomic E-state index is -0.661. The molecule has 0 aliphatic rings. The molecule has 6 heteroatoms. The molecule has 0 aromatic rings. The van der Waals surface area contributed by atoms with Crippen LogP contribution in [-0.2, 0) is 14.3 Å².